The maximum atomic E-state index is 12.6. The van der Waals surface area contributed by atoms with Crippen LogP contribution in [-0.4, -0.2) is 27.3 Å². The van der Waals surface area contributed by atoms with E-state index in [0.717, 1.165) is 30.0 Å². The zero-order chi connectivity index (χ0) is 19.6. The number of nitrogens with one attached hydrogen (secondary N) is 1. The molecule has 1 aliphatic heterocycles. The van der Waals surface area contributed by atoms with E-state index in [2.05, 4.69) is 34.5 Å². The Kier molecular flexibility index (Phi) is 5.37. The van der Waals surface area contributed by atoms with Crippen molar-refractivity contribution in [1.82, 2.24) is 0 Å². The Morgan fingerprint density at radius 3 is 2.26 bits per heavy atom. The molecule has 2 aromatic carbocycles. The second kappa shape index (κ2) is 7.56. The number of rotatable bonds is 5. The number of anilines is 2. The molecular formula is C21H25N3O2S. The highest BCUT2D eigenvalue weighted by Crippen LogP contribution is 2.33. The summed E-state index contributed by atoms with van der Waals surface area (Å²) in [5, 5.41) is 3.21. The van der Waals surface area contributed by atoms with Crippen LogP contribution in [0.25, 0.3) is 4.91 Å². The summed E-state index contributed by atoms with van der Waals surface area (Å²) in [7, 11) is -3.70. The molecule has 27 heavy (non-hydrogen) atoms. The first-order valence-corrected chi connectivity index (χ1v) is 10.6. The molecule has 0 fully saturated rings. The average molecular weight is 384 g/mol. The first kappa shape index (κ1) is 19.2. The third kappa shape index (κ3) is 3.76. The molecule has 5 nitrogen and oxygen atoms in total. The number of amidine groups is 1. The predicted octanol–water partition coefficient (Wildman–Crippen LogP) is 4.43. The lowest BCUT2D eigenvalue weighted by molar-refractivity contribution is 0.608. The van der Waals surface area contributed by atoms with E-state index in [9.17, 15) is 8.42 Å². The van der Waals surface area contributed by atoms with Crippen molar-refractivity contribution in [2.24, 2.45) is 4.40 Å². The molecule has 0 bridgehead atoms. The maximum absolute atomic E-state index is 12.6. The van der Waals surface area contributed by atoms with Gasteiger partial charge in [0.1, 0.15) is 10.7 Å². The van der Waals surface area contributed by atoms with Gasteiger partial charge in [-0.3, -0.25) is 0 Å². The Balaban J connectivity index is 1.94. The van der Waals surface area contributed by atoms with Crippen molar-refractivity contribution >= 4 is 32.1 Å². The molecule has 0 aromatic heterocycles. The summed E-state index contributed by atoms with van der Waals surface area (Å²) in [4.78, 5) is 2.54. The highest BCUT2D eigenvalue weighted by atomic mass is 32.2. The average Bonchev–Trinajstić information content (AvgIpc) is 2.87. The molecule has 0 unspecified atom stereocenters. The van der Waals surface area contributed by atoms with Gasteiger partial charge in [-0.1, -0.05) is 30.3 Å². The fourth-order valence-electron chi connectivity index (χ4n) is 3.31. The van der Waals surface area contributed by atoms with E-state index >= 15 is 0 Å². The smallest absolute Gasteiger partial charge is 0.285 e. The molecule has 2 aromatic rings. The number of hydrogen-bond donors (Lipinski definition) is 1. The van der Waals surface area contributed by atoms with E-state index in [1.54, 1.807) is 19.1 Å². The van der Waals surface area contributed by atoms with Crippen molar-refractivity contribution in [2.45, 2.75) is 27.7 Å². The van der Waals surface area contributed by atoms with Crippen molar-refractivity contribution in [3.63, 3.8) is 0 Å². The quantitative estimate of drug-likeness (QED) is 0.830. The lowest BCUT2D eigenvalue weighted by atomic mass is 10.1. The number of benzene rings is 2. The topological polar surface area (TPSA) is 61.8 Å². The summed E-state index contributed by atoms with van der Waals surface area (Å²) < 4.78 is 29.2. The highest BCUT2D eigenvalue weighted by molar-refractivity contribution is 8.00. The van der Waals surface area contributed by atoms with Gasteiger partial charge < -0.3 is 10.2 Å². The molecule has 142 valence electrons. The Morgan fingerprint density at radius 2 is 1.67 bits per heavy atom. The van der Waals surface area contributed by atoms with Gasteiger partial charge in [0.15, 0.2) is 0 Å². The van der Waals surface area contributed by atoms with Crippen LogP contribution in [0.15, 0.2) is 58.5 Å². The van der Waals surface area contributed by atoms with Gasteiger partial charge in [0, 0.05) is 30.0 Å². The van der Waals surface area contributed by atoms with Crippen LogP contribution >= 0.6 is 0 Å². The number of hydrogen-bond acceptors (Lipinski definition) is 4. The van der Waals surface area contributed by atoms with Gasteiger partial charge in [-0.05, 0) is 57.0 Å². The molecule has 0 amide bonds. The number of aryl methyl sites for hydroxylation is 1. The van der Waals surface area contributed by atoms with E-state index in [1.165, 1.54) is 0 Å². The first-order chi connectivity index (χ1) is 12.9. The Hall–Kier alpha value is -2.60. The van der Waals surface area contributed by atoms with Crippen LogP contribution in [-0.2, 0) is 10.0 Å². The van der Waals surface area contributed by atoms with Gasteiger partial charge >= 0.3 is 0 Å². The molecule has 0 saturated carbocycles. The zero-order valence-corrected chi connectivity index (χ0v) is 17.0. The largest absolute Gasteiger partial charge is 0.372 e. The van der Waals surface area contributed by atoms with Crippen LogP contribution in [0, 0.1) is 6.92 Å². The minimum Gasteiger partial charge on any atom is -0.372 e. The van der Waals surface area contributed by atoms with Crippen molar-refractivity contribution in [2.75, 3.05) is 23.3 Å². The first-order valence-electron chi connectivity index (χ1n) is 9.11. The van der Waals surface area contributed by atoms with Crippen molar-refractivity contribution < 1.29 is 8.42 Å². The Morgan fingerprint density at radius 1 is 1.00 bits per heavy atom. The van der Waals surface area contributed by atoms with Gasteiger partial charge in [0.2, 0.25) is 0 Å². The molecular weight excluding hydrogens is 358 g/mol. The monoisotopic (exact) mass is 383 g/mol. The zero-order valence-electron chi connectivity index (χ0n) is 16.2. The third-order valence-corrected chi connectivity index (χ3v) is 6.27. The third-order valence-electron chi connectivity index (χ3n) is 4.79. The van der Waals surface area contributed by atoms with Crippen LogP contribution in [0.5, 0.6) is 0 Å². The fraction of sp³-hybridized carbons (Fsp3) is 0.286. The lowest BCUT2D eigenvalue weighted by Gasteiger charge is -2.22. The van der Waals surface area contributed by atoms with Crippen LogP contribution in [0.4, 0.5) is 11.4 Å². The number of sulfonamides is 1. The van der Waals surface area contributed by atoms with Crippen LogP contribution in [0.2, 0.25) is 0 Å². The van der Waals surface area contributed by atoms with Gasteiger partial charge in [0.25, 0.3) is 10.0 Å². The van der Waals surface area contributed by atoms with E-state index in [-0.39, 0.29) is 4.91 Å². The summed E-state index contributed by atoms with van der Waals surface area (Å²) >= 11 is 0. The molecule has 1 heterocycles. The standard InChI is InChI=1S/C21H25N3O2S/c1-5-24(6-2)18-12-13-19(15(3)14-18)22-21-16(4)20(27(25,26)23-21)17-10-8-7-9-11-17/h7-14H,5-6H2,1-4H3,(H,22,23). The van der Waals surface area contributed by atoms with Crippen molar-refractivity contribution in [1.29, 1.82) is 0 Å². The normalized spacial score (nSPS) is 15.6. The number of nitrogens with zero attached hydrogens (tertiary/aromatic N) is 2. The van der Waals surface area contributed by atoms with Gasteiger partial charge in [-0.25, -0.2) is 0 Å². The minimum atomic E-state index is -3.70. The highest BCUT2D eigenvalue weighted by Gasteiger charge is 2.31. The predicted molar refractivity (Wildman–Crippen MR) is 114 cm³/mol. The van der Waals surface area contributed by atoms with Crippen LogP contribution in [0.1, 0.15) is 31.9 Å². The molecule has 3 rings (SSSR count). The van der Waals surface area contributed by atoms with Gasteiger partial charge in [0.05, 0.1) is 0 Å². The van der Waals surface area contributed by atoms with Crippen molar-refractivity contribution in [3.05, 3.63) is 65.2 Å². The van der Waals surface area contributed by atoms with E-state index in [1.807, 2.05) is 37.3 Å². The molecule has 0 aliphatic carbocycles. The minimum absolute atomic E-state index is 0.267. The molecule has 0 spiro atoms. The fourth-order valence-corrected chi connectivity index (χ4v) is 4.74. The van der Waals surface area contributed by atoms with E-state index in [0.29, 0.717) is 17.0 Å². The molecule has 1 aliphatic rings. The second-order valence-corrected chi connectivity index (χ2v) is 8.07. The van der Waals surface area contributed by atoms with E-state index < -0.39 is 10.0 Å². The summed E-state index contributed by atoms with van der Waals surface area (Å²) in [5.41, 5.74) is 4.34. The van der Waals surface area contributed by atoms with Gasteiger partial charge in [-0.15, -0.1) is 4.40 Å². The Labute approximate surface area is 161 Å². The lowest BCUT2D eigenvalue weighted by Crippen LogP contribution is -2.22. The summed E-state index contributed by atoms with van der Waals surface area (Å²) in [5.74, 6) is 0.382. The molecule has 0 atom stereocenters. The van der Waals surface area contributed by atoms with Gasteiger partial charge in [-0.2, -0.15) is 8.42 Å². The molecule has 0 radical (unpaired) electrons. The summed E-state index contributed by atoms with van der Waals surface area (Å²) in [6.07, 6.45) is 0. The summed E-state index contributed by atoms with van der Waals surface area (Å²) in [6.45, 7) is 9.94. The molecule has 6 heteroatoms. The van der Waals surface area contributed by atoms with Crippen molar-refractivity contribution in [3.8, 4) is 0 Å². The molecule has 1 N–H and O–H groups in total. The molecule has 0 saturated heterocycles. The summed E-state index contributed by atoms with van der Waals surface area (Å²) in [6, 6.07) is 15.2. The SMILES string of the molecule is CCN(CC)c1ccc(NC2=NS(=O)(=O)C(c3ccccc3)=C2C)c(C)c1. The second-order valence-electron chi connectivity index (χ2n) is 6.53. The van der Waals surface area contributed by atoms with E-state index in [4.69, 9.17) is 0 Å². The Bertz CT molecular complexity index is 1000. The van der Waals surface area contributed by atoms with Crippen LogP contribution in [0.3, 0.4) is 0 Å². The maximum Gasteiger partial charge on any atom is 0.285 e. The van der Waals surface area contributed by atoms with Crippen LogP contribution < -0.4 is 10.2 Å².